The van der Waals surface area contributed by atoms with E-state index in [0.29, 0.717) is 17.1 Å². The second-order valence-electron chi connectivity index (χ2n) is 4.10. The van der Waals surface area contributed by atoms with Crippen molar-refractivity contribution in [1.29, 1.82) is 5.26 Å². The van der Waals surface area contributed by atoms with Gasteiger partial charge in [-0.25, -0.2) is 9.97 Å². The average Bonchev–Trinajstić information content (AvgIpc) is 2.14. The van der Waals surface area contributed by atoms with Gasteiger partial charge in [-0.15, -0.1) is 11.8 Å². The van der Waals surface area contributed by atoms with Gasteiger partial charge in [0, 0.05) is 4.75 Å². The minimum atomic E-state index is 0.173. The monoisotopic (exact) mass is 222 g/mol. The Labute approximate surface area is 93.9 Å². The van der Waals surface area contributed by atoms with Crippen LogP contribution >= 0.6 is 11.8 Å². The highest BCUT2D eigenvalue weighted by molar-refractivity contribution is 7.99. The maximum absolute atomic E-state index is 8.65. The number of anilines is 1. The number of thioether (sulfide) groups is 1. The number of aromatic nitrogens is 2. The molecular formula is C10H14N4S. The molecule has 0 amide bonds. The zero-order valence-corrected chi connectivity index (χ0v) is 9.93. The third-order valence-corrected chi connectivity index (χ3v) is 2.89. The van der Waals surface area contributed by atoms with E-state index in [-0.39, 0.29) is 10.6 Å². The number of nitrogen functional groups attached to an aromatic ring is 1. The molecule has 15 heavy (non-hydrogen) atoms. The Hall–Kier alpha value is -1.28. The molecule has 0 saturated carbocycles. The van der Waals surface area contributed by atoms with Gasteiger partial charge in [0.05, 0.1) is 11.9 Å². The number of hydrogen-bond acceptors (Lipinski definition) is 5. The summed E-state index contributed by atoms with van der Waals surface area (Å²) < 4.78 is 0.173. The Kier molecular flexibility index (Phi) is 3.53. The summed E-state index contributed by atoms with van der Waals surface area (Å²) in [5.74, 6) is 1.64. The number of nitrogens with two attached hydrogens (primary N) is 1. The van der Waals surface area contributed by atoms with Crippen molar-refractivity contribution in [3.8, 4) is 6.07 Å². The van der Waals surface area contributed by atoms with Crippen molar-refractivity contribution in [2.24, 2.45) is 0 Å². The van der Waals surface area contributed by atoms with Gasteiger partial charge in [-0.2, -0.15) is 5.26 Å². The minimum absolute atomic E-state index is 0.173. The van der Waals surface area contributed by atoms with Crippen LogP contribution in [0.15, 0.2) is 6.20 Å². The summed E-state index contributed by atoms with van der Waals surface area (Å²) in [6.45, 7) is 6.39. The fourth-order valence-electron chi connectivity index (χ4n) is 0.870. The summed E-state index contributed by atoms with van der Waals surface area (Å²) in [7, 11) is 0. The van der Waals surface area contributed by atoms with E-state index >= 15 is 0 Å². The number of nitriles is 1. The van der Waals surface area contributed by atoms with Crippen LogP contribution in [0.2, 0.25) is 0 Å². The molecule has 2 N–H and O–H groups in total. The van der Waals surface area contributed by atoms with Crippen molar-refractivity contribution in [2.75, 3.05) is 5.73 Å². The average molecular weight is 222 g/mol. The van der Waals surface area contributed by atoms with Crippen molar-refractivity contribution in [3.63, 3.8) is 0 Å². The minimum Gasteiger partial charge on any atom is -0.382 e. The van der Waals surface area contributed by atoms with Crippen LogP contribution < -0.4 is 5.73 Å². The normalized spacial score (nSPS) is 11.1. The highest BCUT2D eigenvalue weighted by Crippen LogP contribution is 2.26. The Bertz CT molecular complexity index is 389. The van der Waals surface area contributed by atoms with E-state index in [1.807, 2.05) is 6.07 Å². The predicted molar refractivity (Wildman–Crippen MR) is 62.2 cm³/mol. The summed E-state index contributed by atoms with van der Waals surface area (Å²) in [6.07, 6.45) is 1.47. The summed E-state index contributed by atoms with van der Waals surface area (Å²) in [5, 5.41) is 8.65. The number of rotatable bonds is 2. The third kappa shape index (κ3) is 3.76. The molecule has 0 aliphatic carbocycles. The predicted octanol–water partition coefficient (Wildman–Crippen LogP) is 1.96. The molecule has 1 rings (SSSR count). The van der Waals surface area contributed by atoms with Gasteiger partial charge in [0.25, 0.3) is 0 Å². The van der Waals surface area contributed by atoms with Crippen molar-refractivity contribution in [1.82, 2.24) is 9.97 Å². The fourth-order valence-corrected chi connectivity index (χ4v) is 1.57. The maximum Gasteiger partial charge on any atom is 0.145 e. The molecule has 0 spiro atoms. The second kappa shape index (κ2) is 4.49. The van der Waals surface area contributed by atoms with Crippen LogP contribution in [0.1, 0.15) is 32.2 Å². The van der Waals surface area contributed by atoms with Crippen molar-refractivity contribution >= 4 is 17.6 Å². The Balaban J connectivity index is 2.73. The highest BCUT2D eigenvalue weighted by atomic mass is 32.2. The van der Waals surface area contributed by atoms with E-state index in [1.165, 1.54) is 6.20 Å². The number of nitrogens with zero attached hydrogens (tertiary/aromatic N) is 3. The second-order valence-corrected chi connectivity index (χ2v) is 5.90. The first-order valence-electron chi connectivity index (χ1n) is 4.58. The van der Waals surface area contributed by atoms with Crippen LogP contribution in [0.3, 0.4) is 0 Å². The Morgan fingerprint density at radius 2 is 2.20 bits per heavy atom. The standard InChI is InChI=1S/C10H14N4S/c1-10(2,3)15-6-8-13-5-7(4-11)9(12)14-8/h5H,6H2,1-3H3,(H2,12,13,14). The molecule has 1 aromatic heterocycles. The molecule has 0 atom stereocenters. The summed E-state index contributed by atoms with van der Waals surface area (Å²) in [4.78, 5) is 8.15. The van der Waals surface area contributed by atoms with E-state index in [9.17, 15) is 0 Å². The van der Waals surface area contributed by atoms with Crippen LogP contribution in [-0.4, -0.2) is 14.7 Å². The topological polar surface area (TPSA) is 75.6 Å². The summed E-state index contributed by atoms with van der Waals surface area (Å²) >= 11 is 1.75. The van der Waals surface area contributed by atoms with Crippen molar-refractivity contribution in [2.45, 2.75) is 31.3 Å². The molecule has 1 aromatic rings. The quantitative estimate of drug-likeness (QED) is 0.827. The molecule has 4 nitrogen and oxygen atoms in total. The molecule has 0 radical (unpaired) electrons. The first-order valence-corrected chi connectivity index (χ1v) is 5.56. The molecule has 0 aliphatic heterocycles. The lowest BCUT2D eigenvalue weighted by Crippen LogP contribution is -2.09. The lowest BCUT2D eigenvalue weighted by Gasteiger charge is -2.16. The van der Waals surface area contributed by atoms with Crippen molar-refractivity contribution in [3.05, 3.63) is 17.6 Å². The van der Waals surface area contributed by atoms with Crippen molar-refractivity contribution < 1.29 is 0 Å². The van der Waals surface area contributed by atoms with E-state index in [2.05, 4.69) is 30.7 Å². The molecule has 0 fully saturated rings. The van der Waals surface area contributed by atoms with Gasteiger partial charge in [0.1, 0.15) is 23.3 Å². The zero-order valence-electron chi connectivity index (χ0n) is 9.11. The molecule has 5 heteroatoms. The van der Waals surface area contributed by atoms with E-state index in [4.69, 9.17) is 11.0 Å². The Morgan fingerprint density at radius 3 is 2.67 bits per heavy atom. The van der Waals surface area contributed by atoms with Crippen LogP contribution in [0.4, 0.5) is 5.82 Å². The first-order chi connectivity index (χ1) is 6.92. The molecular weight excluding hydrogens is 208 g/mol. The number of hydrogen-bond donors (Lipinski definition) is 1. The van der Waals surface area contributed by atoms with Gasteiger partial charge < -0.3 is 5.73 Å². The lowest BCUT2D eigenvalue weighted by molar-refractivity contribution is 0.800. The smallest absolute Gasteiger partial charge is 0.145 e. The lowest BCUT2D eigenvalue weighted by atomic mass is 10.3. The third-order valence-electron chi connectivity index (χ3n) is 1.62. The molecule has 0 bridgehead atoms. The van der Waals surface area contributed by atoms with Crippen LogP contribution in [-0.2, 0) is 5.75 Å². The molecule has 0 unspecified atom stereocenters. The molecule has 0 saturated heterocycles. The largest absolute Gasteiger partial charge is 0.382 e. The Morgan fingerprint density at radius 1 is 1.53 bits per heavy atom. The van der Waals surface area contributed by atoms with Crippen LogP contribution in [0, 0.1) is 11.3 Å². The SMILES string of the molecule is CC(C)(C)SCc1ncc(C#N)c(N)n1. The molecule has 0 aliphatic rings. The summed E-state index contributed by atoms with van der Waals surface area (Å²) in [6, 6.07) is 1.94. The molecule has 80 valence electrons. The van der Waals surface area contributed by atoms with E-state index in [0.717, 1.165) is 0 Å². The summed E-state index contributed by atoms with van der Waals surface area (Å²) in [5.41, 5.74) is 5.92. The van der Waals surface area contributed by atoms with E-state index < -0.39 is 0 Å². The van der Waals surface area contributed by atoms with Gasteiger partial charge in [-0.1, -0.05) is 20.8 Å². The van der Waals surface area contributed by atoms with Crippen LogP contribution in [0.5, 0.6) is 0 Å². The van der Waals surface area contributed by atoms with Gasteiger partial charge in [0.2, 0.25) is 0 Å². The van der Waals surface area contributed by atoms with Crippen LogP contribution in [0.25, 0.3) is 0 Å². The highest BCUT2D eigenvalue weighted by Gasteiger charge is 2.12. The van der Waals surface area contributed by atoms with E-state index in [1.54, 1.807) is 11.8 Å². The maximum atomic E-state index is 8.65. The van der Waals surface area contributed by atoms with Gasteiger partial charge in [0.15, 0.2) is 0 Å². The van der Waals surface area contributed by atoms with Gasteiger partial charge in [-0.3, -0.25) is 0 Å². The zero-order chi connectivity index (χ0) is 11.5. The fraction of sp³-hybridized carbons (Fsp3) is 0.500. The van der Waals surface area contributed by atoms with Gasteiger partial charge >= 0.3 is 0 Å². The molecule has 0 aromatic carbocycles. The van der Waals surface area contributed by atoms with Gasteiger partial charge in [-0.05, 0) is 0 Å². The molecule has 1 heterocycles. The first kappa shape index (κ1) is 11.8.